The van der Waals surface area contributed by atoms with E-state index in [1.807, 2.05) is 31.2 Å². The van der Waals surface area contributed by atoms with Crippen molar-refractivity contribution in [2.75, 3.05) is 6.61 Å². The Morgan fingerprint density at radius 2 is 2.14 bits per heavy atom. The third-order valence-electron chi connectivity index (χ3n) is 4.16. The van der Waals surface area contributed by atoms with E-state index in [9.17, 15) is 10.2 Å². The maximum Gasteiger partial charge on any atom is 0.110 e. The fourth-order valence-corrected chi connectivity index (χ4v) is 4.12. The summed E-state index contributed by atoms with van der Waals surface area (Å²) in [5.41, 5.74) is 0. The van der Waals surface area contributed by atoms with Crippen LogP contribution >= 0.6 is 11.3 Å². The Labute approximate surface area is 134 Å². The summed E-state index contributed by atoms with van der Waals surface area (Å²) in [5, 5.41) is 20.8. The molecule has 22 heavy (non-hydrogen) atoms. The molecule has 1 heterocycles. The molecule has 0 radical (unpaired) electrons. The number of hydrogen-bond acceptors (Lipinski definition) is 4. The van der Waals surface area contributed by atoms with Crippen LogP contribution in [0.2, 0.25) is 0 Å². The van der Waals surface area contributed by atoms with Gasteiger partial charge in [0.15, 0.2) is 0 Å². The van der Waals surface area contributed by atoms with Gasteiger partial charge in [0.05, 0.1) is 12.2 Å². The van der Waals surface area contributed by atoms with Gasteiger partial charge in [-0.2, -0.15) is 0 Å². The van der Waals surface area contributed by atoms with Crippen molar-refractivity contribution < 1.29 is 14.9 Å². The molecule has 4 atom stereocenters. The first-order chi connectivity index (χ1) is 10.7. The molecule has 0 amide bonds. The highest BCUT2D eigenvalue weighted by Gasteiger charge is 2.30. The van der Waals surface area contributed by atoms with Crippen LogP contribution in [0.25, 0.3) is 10.1 Å². The van der Waals surface area contributed by atoms with E-state index in [-0.39, 0.29) is 18.1 Å². The van der Waals surface area contributed by atoms with Crippen LogP contribution in [0.1, 0.15) is 30.7 Å². The number of ether oxygens (including phenoxy) is 1. The Balaban J connectivity index is 1.80. The van der Waals surface area contributed by atoms with E-state index in [4.69, 9.17) is 4.74 Å². The van der Waals surface area contributed by atoms with Gasteiger partial charge in [-0.05, 0) is 37.3 Å². The SMILES string of the molecule is CCO[C@H](/C=C/[C@@H]1C[C@@H](O)C[C@H]1O)c1cc2ccccc2s1. The molecule has 0 saturated heterocycles. The number of hydrogen-bond donors (Lipinski definition) is 2. The molecule has 3 nitrogen and oxygen atoms in total. The normalized spacial score (nSPS) is 27.0. The van der Waals surface area contributed by atoms with Crippen LogP contribution in [-0.2, 0) is 4.74 Å². The third kappa shape index (κ3) is 3.41. The first kappa shape index (κ1) is 15.7. The van der Waals surface area contributed by atoms with E-state index in [1.165, 1.54) is 15.0 Å². The van der Waals surface area contributed by atoms with E-state index in [1.54, 1.807) is 11.3 Å². The molecule has 118 valence electrons. The Morgan fingerprint density at radius 1 is 1.32 bits per heavy atom. The zero-order valence-electron chi connectivity index (χ0n) is 12.7. The largest absolute Gasteiger partial charge is 0.393 e. The molecule has 4 heteroatoms. The molecule has 1 saturated carbocycles. The maximum absolute atomic E-state index is 9.94. The molecular formula is C18H22O3S. The van der Waals surface area contributed by atoms with Crippen LogP contribution in [0.3, 0.4) is 0 Å². The van der Waals surface area contributed by atoms with Crippen molar-refractivity contribution in [2.24, 2.45) is 5.92 Å². The number of aliphatic hydroxyl groups is 2. The molecule has 1 aromatic heterocycles. The van der Waals surface area contributed by atoms with Crippen molar-refractivity contribution in [1.82, 2.24) is 0 Å². The van der Waals surface area contributed by atoms with Crippen LogP contribution in [-0.4, -0.2) is 29.0 Å². The summed E-state index contributed by atoms with van der Waals surface area (Å²) in [6, 6.07) is 10.5. The number of rotatable bonds is 5. The van der Waals surface area contributed by atoms with Gasteiger partial charge in [0.1, 0.15) is 6.10 Å². The molecule has 1 fully saturated rings. The highest BCUT2D eigenvalue weighted by Crippen LogP contribution is 2.34. The summed E-state index contributed by atoms with van der Waals surface area (Å²) in [6.07, 6.45) is 4.20. The lowest BCUT2D eigenvalue weighted by Crippen LogP contribution is -2.11. The summed E-state index contributed by atoms with van der Waals surface area (Å²) in [5.74, 6) is 0.0207. The first-order valence-electron chi connectivity index (χ1n) is 7.82. The molecular weight excluding hydrogens is 296 g/mol. The van der Waals surface area contributed by atoms with E-state index in [0.29, 0.717) is 19.4 Å². The van der Waals surface area contributed by atoms with E-state index in [2.05, 4.69) is 18.2 Å². The second kappa shape index (κ2) is 6.92. The number of aliphatic hydroxyl groups excluding tert-OH is 2. The first-order valence-corrected chi connectivity index (χ1v) is 8.63. The Hall–Kier alpha value is -1.20. The van der Waals surface area contributed by atoms with Gasteiger partial charge in [-0.1, -0.05) is 30.4 Å². The summed E-state index contributed by atoms with van der Waals surface area (Å²) in [7, 11) is 0. The lowest BCUT2D eigenvalue weighted by Gasteiger charge is -2.13. The number of fused-ring (bicyclic) bond motifs is 1. The molecule has 1 aromatic carbocycles. The second-order valence-electron chi connectivity index (χ2n) is 5.80. The monoisotopic (exact) mass is 318 g/mol. The third-order valence-corrected chi connectivity index (χ3v) is 5.33. The van der Waals surface area contributed by atoms with Gasteiger partial charge in [0.2, 0.25) is 0 Å². The van der Waals surface area contributed by atoms with Crippen LogP contribution in [0, 0.1) is 5.92 Å². The molecule has 1 aliphatic rings. The van der Waals surface area contributed by atoms with Crippen molar-refractivity contribution >= 4 is 21.4 Å². The fourth-order valence-electron chi connectivity index (χ4n) is 3.03. The van der Waals surface area contributed by atoms with Crippen molar-refractivity contribution in [1.29, 1.82) is 0 Å². The molecule has 2 aromatic rings. The maximum atomic E-state index is 9.94. The van der Waals surface area contributed by atoms with Gasteiger partial charge in [0, 0.05) is 22.1 Å². The predicted octanol–water partition coefficient (Wildman–Crippen LogP) is 3.67. The minimum atomic E-state index is -0.448. The summed E-state index contributed by atoms with van der Waals surface area (Å²) in [6.45, 7) is 2.63. The standard InChI is InChI=1S/C18H22O3S/c1-2-21-16(8-7-12-9-14(19)11-15(12)20)18-10-13-5-3-4-6-17(13)22-18/h3-8,10,12,14-16,19-20H,2,9,11H2,1H3/b8-7+/t12-,14-,15-,16-/m1/s1. The van der Waals surface area contributed by atoms with Gasteiger partial charge in [-0.3, -0.25) is 0 Å². The van der Waals surface area contributed by atoms with Crippen molar-refractivity contribution in [3.63, 3.8) is 0 Å². The molecule has 2 N–H and O–H groups in total. The van der Waals surface area contributed by atoms with Crippen molar-refractivity contribution in [3.05, 3.63) is 47.4 Å². The Morgan fingerprint density at radius 3 is 2.82 bits per heavy atom. The fraction of sp³-hybridized carbons (Fsp3) is 0.444. The predicted molar refractivity (Wildman–Crippen MR) is 90.1 cm³/mol. The van der Waals surface area contributed by atoms with Gasteiger partial charge in [-0.15, -0.1) is 11.3 Å². The smallest absolute Gasteiger partial charge is 0.110 e. The van der Waals surface area contributed by atoms with E-state index >= 15 is 0 Å². The summed E-state index contributed by atoms with van der Waals surface area (Å²) >= 11 is 1.74. The van der Waals surface area contributed by atoms with Crippen molar-refractivity contribution in [3.8, 4) is 0 Å². The van der Waals surface area contributed by atoms with Gasteiger partial charge >= 0.3 is 0 Å². The minimum absolute atomic E-state index is 0.0207. The molecule has 3 rings (SSSR count). The van der Waals surface area contributed by atoms with Crippen LogP contribution in [0.5, 0.6) is 0 Å². The highest BCUT2D eigenvalue weighted by atomic mass is 32.1. The molecule has 0 bridgehead atoms. The average molecular weight is 318 g/mol. The summed E-state index contributed by atoms with van der Waals surface area (Å²) < 4.78 is 7.12. The quantitative estimate of drug-likeness (QED) is 0.827. The molecule has 0 aliphatic heterocycles. The average Bonchev–Trinajstić information content (AvgIpc) is 3.06. The van der Waals surface area contributed by atoms with Crippen LogP contribution in [0.15, 0.2) is 42.5 Å². The topological polar surface area (TPSA) is 49.7 Å². The number of thiophene rings is 1. The minimum Gasteiger partial charge on any atom is -0.393 e. The van der Waals surface area contributed by atoms with E-state index < -0.39 is 6.10 Å². The van der Waals surface area contributed by atoms with E-state index in [0.717, 1.165) is 0 Å². The summed E-state index contributed by atoms with van der Waals surface area (Å²) in [4.78, 5) is 1.17. The van der Waals surface area contributed by atoms with Crippen molar-refractivity contribution in [2.45, 2.75) is 38.1 Å². The van der Waals surface area contributed by atoms with Gasteiger partial charge < -0.3 is 14.9 Å². The Kier molecular flexibility index (Phi) is 4.93. The molecule has 0 spiro atoms. The zero-order valence-corrected chi connectivity index (χ0v) is 13.5. The highest BCUT2D eigenvalue weighted by molar-refractivity contribution is 7.19. The lowest BCUT2D eigenvalue weighted by molar-refractivity contribution is 0.0978. The van der Waals surface area contributed by atoms with Gasteiger partial charge in [0.25, 0.3) is 0 Å². The van der Waals surface area contributed by atoms with Crippen LogP contribution in [0.4, 0.5) is 0 Å². The van der Waals surface area contributed by atoms with Gasteiger partial charge in [-0.25, -0.2) is 0 Å². The second-order valence-corrected chi connectivity index (χ2v) is 6.92. The van der Waals surface area contributed by atoms with Crippen LogP contribution < -0.4 is 0 Å². The Bertz CT molecular complexity index is 616. The lowest BCUT2D eigenvalue weighted by atomic mass is 10.0. The molecule has 0 unspecified atom stereocenters. The zero-order chi connectivity index (χ0) is 15.5. The number of benzene rings is 1. The molecule has 1 aliphatic carbocycles.